The predicted octanol–water partition coefficient (Wildman–Crippen LogP) is 1.50. The van der Waals surface area contributed by atoms with E-state index in [2.05, 4.69) is 5.32 Å². The number of carbonyl (C=O) groups is 3. The van der Waals surface area contributed by atoms with Gasteiger partial charge < -0.3 is 15.3 Å². The average molecular weight is 312 g/mol. The van der Waals surface area contributed by atoms with Crippen molar-refractivity contribution in [2.24, 2.45) is 0 Å². The highest BCUT2D eigenvalue weighted by atomic mass is 32.1. The summed E-state index contributed by atoms with van der Waals surface area (Å²) < 4.78 is 0. The van der Waals surface area contributed by atoms with Crippen molar-refractivity contribution in [3.05, 3.63) is 21.9 Å². The standard InChI is InChI=1S/C14H20N2O4S/c1-4-16(9(2)7-13(18)19)12(17)8-15-14(20)11-6-5-10(3)21-11/h5-6,9H,4,7-8H2,1-3H3,(H,15,20)(H,18,19). The summed E-state index contributed by atoms with van der Waals surface area (Å²) in [7, 11) is 0. The normalized spacial score (nSPS) is 11.8. The molecule has 0 spiro atoms. The van der Waals surface area contributed by atoms with Crippen LogP contribution in [0.3, 0.4) is 0 Å². The first kappa shape index (κ1) is 17.2. The monoisotopic (exact) mass is 312 g/mol. The van der Waals surface area contributed by atoms with E-state index in [0.29, 0.717) is 11.4 Å². The Morgan fingerprint density at radius 3 is 2.52 bits per heavy atom. The van der Waals surface area contributed by atoms with Crippen molar-refractivity contribution in [1.29, 1.82) is 0 Å². The molecule has 0 aliphatic heterocycles. The van der Waals surface area contributed by atoms with Gasteiger partial charge in [-0.25, -0.2) is 0 Å². The molecule has 0 aliphatic rings. The summed E-state index contributed by atoms with van der Waals surface area (Å²) in [5.74, 6) is -1.52. The van der Waals surface area contributed by atoms with Crippen LogP contribution in [-0.2, 0) is 9.59 Å². The highest BCUT2D eigenvalue weighted by Crippen LogP contribution is 2.14. The Hall–Kier alpha value is -1.89. The summed E-state index contributed by atoms with van der Waals surface area (Å²) in [5.41, 5.74) is 0. The van der Waals surface area contributed by atoms with E-state index in [-0.39, 0.29) is 24.8 Å². The Labute approximate surface area is 127 Å². The van der Waals surface area contributed by atoms with Gasteiger partial charge in [-0.1, -0.05) is 0 Å². The van der Waals surface area contributed by atoms with Crippen LogP contribution in [0.1, 0.15) is 34.8 Å². The van der Waals surface area contributed by atoms with Crippen molar-refractivity contribution in [2.75, 3.05) is 13.1 Å². The third-order valence-corrected chi connectivity index (χ3v) is 4.03. The van der Waals surface area contributed by atoms with E-state index in [1.165, 1.54) is 16.2 Å². The maximum Gasteiger partial charge on any atom is 0.305 e. The fraction of sp³-hybridized carbons (Fsp3) is 0.500. The molecule has 0 aliphatic carbocycles. The Balaban J connectivity index is 2.54. The van der Waals surface area contributed by atoms with E-state index in [1.807, 2.05) is 13.0 Å². The number of thiophene rings is 1. The Kier molecular flexibility index (Phi) is 6.36. The van der Waals surface area contributed by atoms with Crippen LogP contribution in [0.15, 0.2) is 12.1 Å². The van der Waals surface area contributed by atoms with Gasteiger partial charge in [0.05, 0.1) is 17.8 Å². The van der Waals surface area contributed by atoms with Crippen LogP contribution in [0.25, 0.3) is 0 Å². The van der Waals surface area contributed by atoms with Crippen LogP contribution in [0.4, 0.5) is 0 Å². The highest BCUT2D eigenvalue weighted by Gasteiger charge is 2.21. The third kappa shape index (κ3) is 5.18. The molecule has 116 valence electrons. The molecule has 1 aromatic rings. The van der Waals surface area contributed by atoms with Gasteiger partial charge in [0.1, 0.15) is 0 Å². The van der Waals surface area contributed by atoms with Crippen LogP contribution in [0, 0.1) is 6.92 Å². The molecule has 0 bridgehead atoms. The molecule has 1 aromatic heterocycles. The maximum absolute atomic E-state index is 12.1. The van der Waals surface area contributed by atoms with Crippen LogP contribution in [0.5, 0.6) is 0 Å². The first-order chi connectivity index (χ1) is 9.85. The van der Waals surface area contributed by atoms with Crippen molar-refractivity contribution >= 4 is 29.1 Å². The van der Waals surface area contributed by atoms with Crippen molar-refractivity contribution in [3.8, 4) is 0 Å². The first-order valence-electron chi connectivity index (χ1n) is 6.71. The zero-order chi connectivity index (χ0) is 16.0. The summed E-state index contributed by atoms with van der Waals surface area (Å²) in [6, 6.07) is 3.15. The molecule has 0 aromatic carbocycles. The van der Waals surface area contributed by atoms with E-state index in [0.717, 1.165) is 4.88 Å². The number of nitrogens with zero attached hydrogens (tertiary/aromatic N) is 1. The SMILES string of the molecule is CCN(C(=O)CNC(=O)c1ccc(C)s1)C(C)CC(=O)O. The lowest BCUT2D eigenvalue weighted by Gasteiger charge is -2.27. The number of amides is 2. The van der Waals surface area contributed by atoms with Crippen LogP contribution < -0.4 is 5.32 Å². The summed E-state index contributed by atoms with van der Waals surface area (Å²) in [5, 5.41) is 11.3. The number of likely N-dealkylation sites (N-methyl/N-ethyl adjacent to an activating group) is 1. The van der Waals surface area contributed by atoms with Gasteiger partial charge in [-0.15, -0.1) is 11.3 Å². The molecule has 1 atom stereocenters. The summed E-state index contributed by atoms with van der Waals surface area (Å²) >= 11 is 1.36. The smallest absolute Gasteiger partial charge is 0.305 e. The van der Waals surface area contributed by atoms with Gasteiger partial charge in [0, 0.05) is 17.5 Å². The van der Waals surface area contributed by atoms with Gasteiger partial charge in [-0.05, 0) is 32.9 Å². The summed E-state index contributed by atoms with van der Waals surface area (Å²) in [6.07, 6.45) is -0.113. The number of aryl methyl sites for hydroxylation is 1. The van der Waals surface area contributed by atoms with Gasteiger partial charge in [0.25, 0.3) is 5.91 Å². The number of hydrogen-bond donors (Lipinski definition) is 2. The quantitative estimate of drug-likeness (QED) is 0.799. The summed E-state index contributed by atoms with van der Waals surface area (Å²) in [4.78, 5) is 37.6. The van der Waals surface area contributed by atoms with Crippen LogP contribution in [0.2, 0.25) is 0 Å². The highest BCUT2D eigenvalue weighted by molar-refractivity contribution is 7.13. The van der Waals surface area contributed by atoms with Crippen LogP contribution in [-0.4, -0.2) is 46.9 Å². The Morgan fingerprint density at radius 1 is 1.38 bits per heavy atom. The number of carboxylic acid groups (broad SMARTS) is 1. The topological polar surface area (TPSA) is 86.7 Å². The summed E-state index contributed by atoms with van der Waals surface area (Å²) in [6.45, 7) is 5.63. The third-order valence-electron chi connectivity index (χ3n) is 3.03. The zero-order valence-electron chi connectivity index (χ0n) is 12.4. The minimum absolute atomic E-state index is 0.113. The van der Waals surface area contributed by atoms with Gasteiger partial charge in [-0.3, -0.25) is 14.4 Å². The molecule has 21 heavy (non-hydrogen) atoms. The van der Waals surface area contributed by atoms with E-state index >= 15 is 0 Å². The number of nitrogens with one attached hydrogen (secondary N) is 1. The van der Waals surface area contributed by atoms with Gasteiger partial charge in [0.2, 0.25) is 5.91 Å². The van der Waals surface area contributed by atoms with E-state index in [9.17, 15) is 14.4 Å². The largest absolute Gasteiger partial charge is 0.481 e. The lowest BCUT2D eigenvalue weighted by molar-refractivity contribution is -0.140. The molecule has 0 radical (unpaired) electrons. The van der Waals surface area contributed by atoms with Crippen molar-refractivity contribution in [3.63, 3.8) is 0 Å². The zero-order valence-corrected chi connectivity index (χ0v) is 13.2. The molecule has 0 fully saturated rings. The number of aliphatic carboxylic acids is 1. The minimum atomic E-state index is -0.952. The molecule has 1 rings (SSSR count). The minimum Gasteiger partial charge on any atom is -0.481 e. The number of carboxylic acids is 1. The Bertz CT molecular complexity index is 527. The van der Waals surface area contributed by atoms with Crippen molar-refractivity contribution < 1.29 is 19.5 Å². The molecular weight excluding hydrogens is 292 g/mol. The average Bonchev–Trinajstić information content (AvgIpc) is 2.82. The maximum atomic E-state index is 12.1. The molecule has 0 saturated carbocycles. The molecule has 7 heteroatoms. The molecule has 1 heterocycles. The molecule has 2 N–H and O–H groups in total. The molecular formula is C14H20N2O4S. The van der Waals surface area contributed by atoms with Gasteiger partial charge in [-0.2, -0.15) is 0 Å². The van der Waals surface area contributed by atoms with Crippen LogP contribution >= 0.6 is 11.3 Å². The molecule has 6 nitrogen and oxygen atoms in total. The van der Waals surface area contributed by atoms with E-state index in [1.54, 1.807) is 19.9 Å². The second-order valence-corrected chi connectivity index (χ2v) is 6.01. The second kappa shape index (κ2) is 7.78. The first-order valence-corrected chi connectivity index (χ1v) is 7.52. The molecule has 1 unspecified atom stereocenters. The Morgan fingerprint density at radius 2 is 2.05 bits per heavy atom. The lowest BCUT2D eigenvalue weighted by Crippen LogP contribution is -2.45. The van der Waals surface area contributed by atoms with Gasteiger partial charge >= 0.3 is 5.97 Å². The number of hydrogen-bond acceptors (Lipinski definition) is 4. The number of carbonyl (C=O) groups excluding carboxylic acids is 2. The second-order valence-electron chi connectivity index (χ2n) is 4.72. The number of rotatable bonds is 7. The molecule has 2 amide bonds. The van der Waals surface area contributed by atoms with Crippen molar-refractivity contribution in [1.82, 2.24) is 10.2 Å². The predicted molar refractivity (Wildman–Crippen MR) is 80.5 cm³/mol. The fourth-order valence-electron chi connectivity index (χ4n) is 2.00. The van der Waals surface area contributed by atoms with Gasteiger partial charge in [0.15, 0.2) is 0 Å². The molecule has 0 saturated heterocycles. The van der Waals surface area contributed by atoms with E-state index in [4.69, 9.17) is 5.11 Å². The lowest BCUT2D eigenvalue weighted by atomic mass is 10.2. The van der Waals surface area contributed by atoms with E-state index < -0.39 is 12.0 Å². The fourth-order valence-corrected chi connectivity index (χ4v) is 2.78. The van der Waals surface area contributed by atoms with Crippen molar-refractivity contribution in [2.45, 2.75) is 33.2 Å².